The number of hydrogen-bond acceptors (Lipinski definition) is 2. The van der Waals surface area contributed by atoms with Crippen molar-refractivity contribution in [1.82, 2.24) is 0 Å². The summed E-state index contributed by atoms with van der Waals surface area (Å²) >= 11 is 0. The molecule has 6 aromatic rings. The Labute approximate surface area is 166 Å². The summed E-state index contributed by atoms with van der Waals surface area (Å²) in [5, 5.41) is 11.7. The fourth-order valence-electron chi connectivity index (χ4n) is 4.35. The van der Waals surface area contributed by atoms with Gasteiger partial charge in [0.05, 0.1) is 0 Å². The molecule has 136 valence electrons. The molecule has 0 radical (unpaired) electrons. The van der Waals surface area contributed by atoms with E-state index in [0.29, 0.717) is 12.2 Å². The van der Waals surface area contributed by atoms with E-state index in [1.807, 2.05) is 18.2 Å². The van der Waals surface area contributed by atoms with Gasteiger partial charge < -0.3 is 4.74 Å². The number of rotatable bonds is 2. The van der Waals surface area contributed by atoms with Crippen LogP contribution in [0.3, 0.4) is 0 Å². The van der Waals surface area contributed by atoms with Crippen molar-refractivity contribution in [3.63, 3.8) is 0 Å². The van der Waals surface area contributed by atoms with Crippen molar-refractivity contribution in [2.75, 3.05) is 0 Å². The van der Waals surface area contributed by atoms with Crippen LogP contribution in [-0.2, 0) is 4.79 Å². The third kappa shape index (κ3) is 2.54. The largest absolute Gasteiger partial charge is 0.428 e. The fourth-order valence-corrected chi connectivity index (χ4v) is 4.35. The third-order valence-corrected chi connectivity index (χ3v) is 5.75. The molecule has 0 heterocycles. The molecule has 2 heteroatoms. The molecule has 0 atom stereocenters. The van der Waals surface area contributed by atoms with Gasteiger partial charge in [0.25, 0.3) is 6.47 Å². The van der Waals surface area contributed by atoms with E-state index >= 15 is 0 Å². The van der Waals surface area contributed by atoms with Crippen LogP contribution in [0.1, 0.15) is 0 Å². The van der Waals surface area contributed by atoms with Crippen LogP contribution in [-0.4, -0.2) is 6.47 Å². The van der Waals surface area contributed by atoms with E-state index in [1.165, 1.54) is 37.7 Å². The van der Waals surface area contributed by atoms with Crippen LogP contribution in [0.25, 0.3) is 53.9 Å². The average Bonchev–Trinajstić information content (AvgIpc) is 2.74. The first-order chi connectivity index (χ1) is 14.3. The number of ether oxygens (including phenoxy) is 1. The molecule has 0 aliphatic rings. The summed E-state index contributed by atoms with van der Waals surface area (Å²) in [6.07, 6.45) is 0. The van der Waals surface area contributed by atoms with Crippen LogP contribution >= 0.6 is 0 Å². The summed E-state index contributed by atoms with van der Waals surface area (Å²) in [4.78, 5) is 10.9. The Morgan fingerprint density at radius 1 is 0.483 bits per heavy atom. The van der Waals surface area contributed by atoms with E-state index in [2.05, 4.69) is 72.8 Å². The quantitative estimate of drug-likeness (QED) is 0.242. The first-order valence-electron chi connectivity index (χ1n) is 9.62. The minimum atomic E-state index is 0.482. The SMILES string of the molecule is O=COc1cccc2cc3cc4cc5cc6ccccc6cc5cc4cc3cc12. The van der Waals surface area contributed by atoms with Crippen LogP contribution < -0.4 is 4.74 Å². The van der Waals surface area contributed by atoms with Crippen molar-refractivity contribution < 1.29 is 9.53 Å². The van der Waals surface area contributed by atoms with Crippen molar-refractivity contribution in [3.8, 4) is 5.75 Å². The van der Waals surface area contributed by atoms with Crippen LogP contribution in [0.2, 0.25) is 0 Å². The summed E-state index contributed by atoms with van der Waals surface area (Å²) in [5.41, 5.74) is 0. The third-order valence-electron chi connectivity index (χ3n) is 5.75. The first kappa shape index (κ1) is 16.1. The Kier molecular flexibility index (Phi) is 3.35. The lowest BCUT2D eigenvalue weighted by Crippen LogP contribution is -1.89. The smallest absolute Gasteiger partial charge is 0.298 e. The van der Waals surface area contributed by atoms with Crippen molar-refractivity contribution in [2.45, 2.75) is 0 Å². The highest BCUT2D eigenvalue weighted by atomic mass is 16.5. The summed E-state index contributed by atoms with van der Waals surface area (Å²) in [6, 6.07) is 32.0. The Bertz CT molecular complexity index is 1600. The van der Waals surface area contributed by atoms with Crippen molar-refractivity contribution in [3.05, 3.63) is 91.0 Å². The van der Waals surface area contributed by atoms with Gasteiger partial charge in [-0.25, -0.2) is 0 Å². The van der Waals surface area contributed by atoms with Gasteiger partial charge in [-0.1, -0.05) is 36.4 Å². The second kappa shape index (κ2) is 6.05. The van der Waals surface area contributed by atoms with Crippen molar-refractivity contribution in [1.29, 1.82) is 0 Å². The Morgan fingerprint density at radius 2 is 0.931 bits per heavy atom. The second-order valence-corrected chi connectivity index (χ2v) is 7.49. The van der Waals surface area contributed by atoms with Crippen LogP contribution in [0, 0.1) is 0 Å². The van der Waals surface area contributed by atoms with E-state index in [4.69, 9.17) is 4.74 Å². The van der Waals surface area contributed by atoms with Crippen LogP contribution in [0.15, 0.2) is 91.0 Å². The molecule has 0 saturated carbocycles. The molecule has 0 saturated heterocycles. The predicted octanol–water partition coefficient (Wildman–Crippen LogP) is 6.99. The Hall–Kier alpha value is -3.91. The molecule has 0 amide bonds. The number of carbonyl (C=O) groups excluding carboxylic acids is 1. The zero-order valence-electron chi connectivity index (χ0n) is 15.6. The molecule has 29 heavy (non-hydrogen) atoms. The van der Waals surface area contributed by atoms with E-state index < -0.39 is 0 Å². The average molecular weight is 372 g/mol. The van der Waals surface area contributed by atoms with E-state index in [9.17, 15) is 4.79 Å². The standard InChI is InChI=1S/C27H16O2/c28-16-29-27-7-3-6-19-10-22-13-23-11-20-8-17-4-1-2-5-18(17)9-21(20)12-24(23)14-25(22)15-26(19)27/h1-16H. The van der Waals surface area contributed by atoms with Gasteiger partial charge >= 0.3 is 0 Å². The van der Waals surface area contributed by atoms with Crippen molar-refractivity contribution in [2.24, 2.45) is 0 Å². The van der Waals surface area contributed by atoms with E-state index in [-0.39, 0.29) is 0 Å². The fraction of sp³-hybridized carbons (Fsp3) is 0. The molecule has 6 rings (SSSR count). The molecule has 0 unspecified atom stereocenters. The predicted molar refractivity (Wildman–Crippen MR) is 121 cm³/mol. The van der Waals surface area contributed by atoms with Crippen molar-refractivity contribution >= 4 is 60.3 Å². The molecule has 0 aliphatic heterocycles. The Balaban J connectivity index is 1.66. The molecule has 0 spiro atoms. The maximum absolute atomic E-state index is 10.9. The maximum atomic E-state index is 10.9. The molecular weight excluding hydrogens is 356 g/mol. The normalized spacial score (nSPS) is 11.6. The first-order valence-corrected chi connectivity index (χ1v) is 9.62. The number of carbonyl (C=O) groups is 1. The topological polar surface area (TPSA) is 26.3 Å². The lowest BCUT2D eigenvalue weighted by molar-refractivity contribution is -0.120. The minimum absolute atomic E-state index is 0.482. The van der Waals surface area contributed by atoms with Crippen LogP contribution in [0.4, 0.5) is 0 Å². The molecule has 0 aromatic heterocycles. The van der Waals surface area contributed by atoms with E-state index in [1.54, 1.807) is 0 Å². The minimum Gasteiger partial charge on any atom is -0.428 e. The number of benzene rings is 6. The van der Waals surface area contributed by atoms with Gasteiger partial charge in [0, 0.05) is 5.39 Å². The second-order valence-electron chi connectivity index (χ2n) is 7.49. The number of fused-ring (bicyclic) bond motifs is 5. The van der Waals surface area contributed by atoms with Gasteiger partial charge in [-0.3, -0.25) is 4.79 Å². The van der Waals surface area contributed by atoms with Gasteiger partial charge in [0.1, 0.15) is 5.75 Å². The molecule has 0 fully saturated rings. The molecule has 0 bridgehead atoms. The summed E-state index contributed by atoms with van der Waals surface area (Å²) < 4.78 is 5.17. The monoisotopic (exact) mass is 372 g/mol. The van der Waals surface area contributed by atoms with Crippen LogP contribution in [0.5, 0.6) is 5.75 Å². The van der Waals surface area contributed by atoms with Gasteiger partial charge in [-0.2, -0.15) is 0 Å². The summed E-state index contributed by atoms with van der Waals surface area (Å²) in [5.74, 6) is 0.587. The maximum Gasteiger partial charge on any atom is 0.298 e. The molecule has 0 aliphatic carbocycles. The summed E-state index contributed by atoms with van der Waals surface area (Å²) in [6.45, 7) is 0.482. The highest BCUT2D eigenvalue weighted by molar-refractivity contribution is 6.10. The van der Waals surface area contributed by atoms with E-state index in [0.717, 1.165) is 16.2 Å². The highest BCUT2D eigenvalue weighted by Gasteiger charge is 2.07. The molecule has 2 nitrogen and oxygen atoms in total. The van der Waals surface area contributed by atoms with Gasteiger partial charge in [0.15, 0.2) is 0 Å². The molecular formula is C27H16O2. The Morgan fingerprint density at radius 3 is 1.48 bits per heavy atom. The zero-order valence-corrected chi connectivity index (χ0v) is 15.6. The van der Waals surface area contributed by atoms with Gasteiger partial charge in [-0.15, -0.1) is 0 Å². The molecule has 6 aromatic carbocycles. The highest BCUT2D eigenvalue weighted by Crippen LogP contribution is 2.34. The van der Waals surface area contributed by atoms with Gasteiger partial charge in [-0.05, 0) is 103 Å². The lowest BCUT2D eigenvalue weighted by atomic mass is 9.96. The zero-order chi connectivity index (χ0) is 19.4. The lowest BCUT2D eigenvalue weighted by Gasteiger charge is -2.09. The van der Waals surface area contributed by atoms with Gasteiger partial charge in [0.2, 0.25) is 0 Å². The number of hydrogen-bond donors (Lipinski definition) is 0. The summed E-state index contributed by atoms with van der Waals surface area (Å²) in [7, 11) is 0. The molecule has 0 N–H and O–H groups in total.